The molecule has 5 nitrogen and oxygen atoms in total. The smallest absolute Gasteiger partial charge is 0.410 e. The molecule has 3 atom stereocenters. The van der Waals surface area contributed by atoms with E-state index in [-0.39, 0.29) is 12.1 Å². The van der Waals surface area contributed by atoms with Crippen LogP contribution in [0.25, 0.3) is 0 Å². The van der Waals surface area contributed by atoms with Gasteiger partial charge in [-0.1, -0.05) is 0 Å². The summed E-state index contributed by atoms with van der Waals surface area (Å²) in [5, 5.41) is 9.06. The van der Waals surface area contributed by atoms with E-state index in [0.29, 0.717) is 0 Å². The molecule has 1 amide bonds. The number of ether oxygens (including phenoxy) is 2. The summed E-state index contributed by atoms with van der Waals surface area (Å²) in [5.74, 6) is 0. The maximum atomic E-state index is 11.6. The molecule has 2 unspecified atom stereocenters. The van der Waals surface area contributed by atoms with Gasteiger partial charge in [0, 0.05) is 7.05 Å². The summed E-state index contributed by atoms with van der Waals surface area (Å²) < 4.78 is 10.1. The van der Waals surface area contributed by atoms with Gasteiger partial charge in [-0.05, 0) is 27.7 Å². The van der Waals surface area contributed by atoms with Gasteiger partial charge in [0.25, 0.3) is 0 Å². The minimum atomic E-state index is -0.745. The summed E-state index contributed by atoms with van der Waals surface area (Å²) in [6.45, 7) is 7.24. The molecule has 1 fully saturated rings. The predicted molar refractivity (Wildman–Crippen MR) is 54.3 cm³/mol. The van der Waals surface area contributed by atoms with Crippen molar-refractivity contribution in [2.75, 3.05) is 7.05 Å². The van der Waals surface area contributed by atoms with E-state index in [1.165, 1.54) is 4.90 Å². The number of hydrogen-bond acceptors (Lipinski definition) is 4. The molecule has 0 spiro atoms. The van der Waals surface area contributed by atoms with Gasteiger partial charge in [-0.25, -0.2) is 4.79 Å². The van der Waals surface area contributed by atoms with Gasteiger partial charge in [-0.3, -0.25) is 0 Å². The van der Waals surface area contributed by atoms with E-state index in [4.69, 9.17) is 14.6 Å². The highest BCUT2D eigenvalue weighted by Gasteiger charge is 2.44. The highest BCUT2D eigenvalue weighted by molar-refractivity contribution is 5.68. The second-order valence-corrected chi connectivity index (χ2v) is 4.82. The third-order valence-electron chi connectivity index (χ3n) is 2.27. The molecular formula is C10H19NO4. The van der Waals surface area contributed by atoms with Crippen LogP contribution in [0.2, 0.25) is 0 Å². The molecule has 0 aromatic carbocycles. The molecule has 1 saturated heterocycles. The van der Waals surface area contributed by atoms with Crippen molar-refractivity contribution in [1.82, 2.24) is 4.90 Å². The van der Waals surface area contributed by atoms with Crippen LogP contribution in [-0.4, -0.2) is 47.2 Å². The quantitative estimate of drug-likeness (QED) is 0.700. The van der Waals surface area contributed by atoms with Crippen molar-refractivity contribution in [3.8, 4) is 0 Å². The van der Waals surface area contributed by atoms with Gasteiger partial charge >= 0.3 is 6.09 Å². The predicted octanol–water partition coefficient (Wildman–Crippen LogP) is 0.959. The molecule has 0 aromatic rings. The fourth-order valence-corrected chi connectivity index (χ4v) is 1.19. The lowest BCUT2D eigenvalue weighted by molar-refractivity contribution is 0.0212. The van der Waals surface area contributed by atoms with E-state index in [0.717, 1.165) is 0 Å². The molecule has 0 aromatic heterocycles. The fraction of sp³-hybridized carbons (Fsp3) is 0.900. The Balaban J connectivity index is 2.45. The first-order valence-electron chi connectivity index (χ1n) is 5.02. The van der Waals surface area contributed by atoms with E-state index in [2.05, 4.69) is 0 Å². The Morgan fingerprint density at radius 3 is 2.33 bits per heavy atom. The number of nitrogens with zero attached hydrogens (tertiary/aromatic N) is 1. The van der Waals surface area contributed by atoms with E-state index in [1.807, 2.05) is 27.7 Å². The molecule has 0 aliphatic carbocycles. The molecule has 0 radical (unpaired) electrons. The van der Waals surface area contributed by atoms with Gasteiger partial charge in [-0.15, -0.1) is 0 Å². The van der Waals surface area contributed by atoms with Crippen LogP contribution in [-0.2, 0) is 9.47 Å². The molecule has 1 aliphatic rings. The van der Waals surface area contributed by atoms with Gasteiger partial charge in [0.2, 0.25) is 0 Å². The van der Waals surface area contributed by atoms with Crippen molar-refractivity contribution < 1.29 is 19.4 Å². The van der Waals surface area contributed by atoms with Crippen molar-refractivity contribution in [2.24, 2.45) is 0 Å². The van der Waals surface area contributed by atoms with Crippen LogP contribution in [0.3, 0.4) is 0 Å². The third-order valence-corrected chi connectivity index (χ3v) is 2.27. The second kappa shape index (κ2) is 3.98. The van der Waals surface area contributed by atoms with Crippen molar-refractivity contribution in [1.29, 1.82) is 0 Å². The van der Waals surface area contributed by atoms with Crippen LogP contribution < -0.4 is 0 Å². The average molecular weight is 217 g/mol. The van der Waals surface area contributed by atoms with Crippen LogP contribution in [0.1, 0.15) is 27.7 Å². The molecule has 0 bridgehead atoms. The summed E-state index contributed by atoms with van der Waals surface area (Å²) in [7, 11) is 1.63. The molecule has 1 N–H and O–H groups in total. The number of hydrogen-bond donors (Lipinski definition) is 1. The number of aliphatic hydroxyl groups excluding tert-OH is 1. The normalized spacial score (nSPS) is 27.1. The van der Waals surface area contributed by atoms with Crippen molar-refractivity contribution in [3.05, 3.63) is 0 Å². The van der Waals surface area contributed by atoms with Crippen molar-refractivity contribution >= 4 is 6.09 Å². The van der Waals surface area contributed by atoms with Crippen LogP contribution >= 0.6 is 0 Å². The van der Waals surface area contributed by atoms with Crippen LogP contribution in [0.5, 0.6) is 0 Å². The zero-order valence-corrected chi connectivity index (χ0v) is 9.85. The number of rotatable bonds is 2. The van der Waals surface area contributed by atoms with Gasteiger partial charge in [-0.2, -0.15) is 0 Å². The minimum absolute atomic E-state index is 0.185. The lowest BCUT2D eigenvalue weighted by Gasteiger charge is -2.27. The molecule has 1 aliphatic heterocycles. The number of carbonyl (C=O) groups is 1. The topological polar surface area (TPSA) is 62.3 Å². The molecule has 5 heteroatoms. The van der Waals surface area contributed by atoms with Crippen LogP contribution in [0, 0.1) is 0 Å². The summed E-state index contributed by atoms with van der Waals surface area (Å²) in [5.41, 5.74) is -0.506. The Morgan fingerprint density at radius 1 is 1.53 bits per heavy atom. The van der Waals surface area contributed by atoms with E-state index in [1.54, 1.807) is 7.05 Å². The van der Waals surface area contributed by atoms with Gasteiger partial charge in [0.15, 0.2) is 6.29 Å². The molecule has 0 saturated carbocycles. The standard InChI is InChI=1S/C10H19NO4/c1-6(7-8(12)14-7)11(5)9(13)15-10(2,3)4/h6-8,12H,1-5H3/t6-,7?,8?/m0/s1. The molecule has 1 rings (SSSR count). The molecular weight excluding hydrogens is 198 g/mol. The second-order valence-electron chi connectivity index (χ2n) is 4.82. The Bertz CT molecular complexity index is 248. The molecule has 88 valence electrons. The molecule has 15 heavy (non-hydrogen) atoms. The van der Waals surface area contributed by atoms with Crippen LogP contribution in [0.4, 0.5) is 4.79 Å². The first-order chi connectivity index (χ1) is 6.72. The van der Waals surface area contributed by atoms with Gasteiger partial charge in [0.05, 0.1) is 6.04 Å². The summed E-state index contributed by atoms with van der Waals surface area (Å²) >= 11 is 0. The third kappa shape index (κ3) is 3.35. The number of aliphatic hydroxyl groups is 1. The fourth-order valence-electron chi connectivity index (χ4n) is 1.19. The number of amides is 1. The van der Waals surface area contributed by atoms with Gasteiger partial charge < -0.3 is 19.5 Å². The first kappa shape index (κ1) is 12.3. The van der Waals surface area contributed by atoms with E-state index in [9.17, 15) is 4.79 Å². The Labute approximate surface area is 90.0 Å². The van der Waals surface area contributed by atoms with Crippen molar-refractivity contribution in [3.63, 3.8) is 0 Å². The Kier molecular flexibility index (Phi) is 3.25. The SMILES string of the molecule is C[C@@H](C1OC1O)N(C)C(=O)OC(C)(C)C. The largest absolute Gasteiger partial charge is 0.444 e. The zero-order valence-electron chi connectivity index (χ0n) is 9.85. The maximum Gasteiger partial charge on any atom is 0.410 e. The van der Waals surface area contributed by atoms with Crippen LogP contribution in [0.15, 0.2) is 0 Å². The van der Waals surface area contributed by atoms with E-state index < -0.39 is 18.0 Å². The summed E-state index contributed by atoms with van der Waals surface area (Å²) in [4.78, 5) is 13.0. The van der Waals surface area contributed by atoms with Crippen molar-refractivity contribution in [2.45, 2.75) is 51.7 Å². The number of epoxide rings is 1. The number of likely N-dealkylation sites (N-methyl/N-ethyl adjacent to an activating group) is 1. The maximum absolute atomic E-state index is 11.6. The van der Waals surface area contributed by atoms with E-state index >= 15 is 0 Å². The highest BCUT2D eigenvalue weighted by Crippen LogP contribution is 2.26. The average Bonchev–Trinajstić information content (AvgIpc) is 2.77. The molecule has 1 heterocycles. The lowest BCUT2D eigenvalue weighted by atomic mass is 10.2. The monoisotopic (exact) mass is 217 g/mol. The Morgan fingerprint density at radius 2 is 2.00 bits per heavy atom. The Hall–Kier alpha value is -0.810. The number of carbonyl (C=O) groups excluding carboxylic acids is 1. The first-order valence-corrected chi connectivity index (χ1v) is 5.02. The van der Waals surface area contributed by atoms with Gasteiger partial charge in [0.1, 0.15) is 11.7 Å². The summed E-state index contributed by atoms with van der Waals surface area (Å²) in [6.07, 6.45) is -1.44. The minimum Gasteiger partial charge on any atom is -0.444 e. The zero-order chi connectivity index (χ0) is 11.8. The summed E-state index contributed by atoms with van der Waals surface area (Å²) in [6, 6.07) is -0.185. The highest BCUT2D eigenvalue weighted by atomic mass is 16.7. The lowest BCUT2D eigenvalue weighted by Crippen LogP contribution is -2.42.